The molecule has 1 heterocycles. The van der Waals surface area contributed by atoms with Gasteiger partial charge in [-0.15, -0.1) is 11.8 Å². The molecular formula is C15H20N2S. The maximum Gasteiger partial charge on any atom is 0.0796 e. The molecule has 0 radical (unpaired) electrons. The number of thioether (sulfide) groups is 1. The van der Waals surface area contributed by atoms with Crippen LogP contribution in [0.2, 0.25) is 0 Å². The van der Waals surface area contributed by atoms with Gasteiger partial charge in [0, 0.05) is 17.5 Å². The molecule has 96 valence electrons. The quantitative estimate of drug-likeness (QED) is 0.693. The van der Waals surface area contributed by atoms with Crippen LogP contribution < -0.4 is 0 Å². The van der Waals surface area contributed by atoms with Gasteiger partial charge >= 0.3 is 0 Å². The van der Waals surface area contributed by atoms with Gasteiger partial charge in [0.15, 0.2) is 0 Å². The van der Waals surface area contributed by atoms with Crippen molar-refractivity contribution in [3.05, 3.63) is 34.3 Å². The molecule has 0 atom stereocenters. The van der Waals surface area contributed by atoms with Crippen LogP contribution >= 0.6 is 11.8 Å². The van der Waals surface area contributed by atoms with Crippen LogP contribution in [-0.4, -0.2) is 29.8 Å². The molecule has 0 fully saturated rings. The van der Waals surface area contributed by atoms with E-state index in [-0.39, 0.29) is 5.54 Å². The molecule has 1 aliphatic heterocycles. The van der Waals surface area contributed by atoms with Gasteiger partial charge in [-0.1, -0.05) is 13.0 Å². The summed E-state index contributed by atoms with van der Waals surface area (Å²) in [5, 5.41) is 0. The number of hydrogen-bond acceptors (Lipinski definition) is 3. The molecule has 0 N–H and O–H groups in total. The Balaban J connectivity index is 2.53. The number of rotatable bonds is 2. The summed E-state index contributed by atoms with van der Waals surface area (Å²) in [6.07, 6.45) is 6.51. The summed E-state index contributed by atoms with van der Waals surface area (Å²) in [6.45, 7) is 8.63. The minimum absolute atomic E-state index is 0.106. The van der Waals surface area contributed by atoms with Crippen LogP contribution in [0.4, 0.5) is 0 Å². The highest BCUT2D eigenvalue weighted by Gasteiger charge is 2.28. The molecule has 0 saturated carbocycles. The summed E-state index contributed by atoms with van der Waals surface area (Å²) < 4.78 is 0. The molecule has 2 aliphatic rings. The molecule has 0 bridgehead atoms. The van der Waals surface area contributed by atoms with E-state index in [1.807, 2.05) is 18.8 Å². The molecule has 2 rings (SSSR count). The summed E-state index contributed by atoms with van der Waals surface area (Å²) in [5.74, 6) is 1.05. The molecule has 0 unspecified atom stereocenters. The monoisotopic (exact) mass is 260 g/mol. The predicted molar refractivity (Wildman–Crippen MR) is 82.9 cm³/mol. The van der Waals surface area contributed by atoms with Gasteiger partial charge in [0.25, 0.3) is 0 Å². The molecule has 1 aliphatic carbocycles. The van der Waals surface area contributed by atoms with Gasteiger partial charge in [0.1, 0.15) is 0 Å². The Labute approximate surface area is 114 Å². The summed E-state index contributed by atoms with van der Waals surface area (Å²) in [4.78, 5) is 10.4. The first-order valence-electron chi connectivity index (χ1n) is 6.30. The second kappa shape index (κ2) is 4.88. The van der Waals surface area contributed by atoms with Crippen molar-refractivity contribution in [2.45, 2.75) is 33.2 Å². The highest BCUT2D eigenvalue weighted by Crippen LogP contribution is 2.34. The number of hydrogen-bond donors (Lipinski definition) is 0. The Morgan fingerprint density at radius 3 is 2.67 bits per heavy atom. The summed E-state index contributed by atoms with van der Waals surface area (Å²) in [7, 11) is 1.84. The van der Waals surface area contributed by atoms with Crippen LogP contribution in [0.5, 0.6) is 0 Å². The van der Waals surface area contributed by atoms with Crippen LogP contribution in [0.3, 0.4) is 0 Å². The Morgan fingerprint density at radius 1 is 1.33 bits per heavy atom. The third-order valence-corrected chi connectivity index (χ3v) is 3.92. The highest BCUT2D eigenvalue weighted by molar-refractivity contribution is 8.04. The van der Waals surface area contributed by atoms with Crippen LogP contribution in [0.15, 0.2) is 44.3 Å². The lowest BCUT2D eigenvalue weighted by Gasteiger charge is -2.29. The van der Waals surface area contributed by atoms with Gasteiger partial charge in [-0.25, -0.2) is 0 Å². The van der Waals surface area contributed by atoms with Crippen molar-refractivity contribution >= 4 is 23.2 Å². The van der Waals surface area contributed by atoms with Crippen LogP contribution in [0.25, 0.3) is 0 Å². The average Bonchev–Trinajstić information content (AvgIpc) is 2.29. The van der Waals surface area contributed by atoms with Gasteiger partial charge in [-0.05, 0) is 44.2 Å². The minimum atomic E-state index is -0.106. The molecule has 3 heteroatoms. The van der Waals surface area contributed by atoms with Gasteiger partial charge in [0.05, 0.1) is 17.0 Å². The summed E-state index contributed by atoms with van der Waals surface area (Å²) in [6, 6.07) is 0. The molecule has 0 spiro atoms. The maximum absolute atomic E-state index is 4.88. The first kappa shape index (κ1) is 13.3. The van der Waals surface area contributed by atoms with Crippen LogP contribution in [0.1, 0.15) is 27.7 Å². The van der Waals surface area contributed by atoms with E-state index in [4.69, 9.17) is 4.99 Å². The lowest BCUT2D eigenvalue weighted by Crippen LogP contribution is -2.26. The number of fused-ring (bicyclic) bond motifs is 1. The van der Waals surface area contributed by atoms with Crippen molar-refractivity contribution in [2.75, 3.05) is 12.8 Å². The standard InChI is InChI=1S/C15H20N2S/c1-6-18-13-8-11(16-5)7-12-10(2)9-15(3,4)17-14(12)13/h7-9H,6H2,1-5H3. The lowest BCUT2D eigenvalue weighted by molar-refractivity contribution is 0.648. The van der Waals surface area contributed by atoms with Crippen molar-refractivity contribution in [1.82, 2.24) is 0 Å². The zero-order valence-electron chi connectivity index (χ0n) is 11.7. The maximum atomic E-state index is 4.88. The third kappa shape index (κ3) is 2.51. The molecule has 0 saturated heterocycles. The Hall–Kier alpha value is -1.09. The van der Waals surface area contributed by atoms with E-state index < -0.39 is 0 Å². The normalized spacial score (nSPS) is 23.9. The van der Waals surface area contributed by atoms with Crippen molar-refractivity contribution in [3.8, 4) is 0 Å². The van der Waals surface area contributed by atoms with E-state index in [9.17, 15) is 0 Å². The van der Waals surface area contributed by atoms with Crippen molar-refractivity contribution in [1.29, 1.82) is 0 Å². The third-order valence-electron chi connectivity index (χ3n) is 3.01. The zero-order valence-corrected chi connectivity index (χ0v) is 12.6. The van der Waals surface area contributed by atoms with Gasteiger partial charge < -0.3 is 0 Å². The van der Waals surface area contributed by atoms with E-state index in [0.29, 0.717) is 0 Å². The van der Waals surface area contributed by atoms with E-state index in [1.54, 1.807) is 0 Å². The van der Waals surface area contributed by atoms with E-state index in [2.05, 4.69) is 50.9 Å². The fraction of sp³-hybridized carbons (Fsp3) is 0.467. The highest BCUT2D eigenvalue weighted by atomic mass is 32.2. The SMILES string of the molecule is CCSC1=CC(=NC)C=C2C(C)=CC(C)(C)N=C12. The van der Waals surface area contributed by atoms with Gasteiger partial charge in [0.2, 0.25) is 0 Å². The second-order valence-corrected chi connectivity index (χ2v) is 6.40. The Morgan fingerprint density at radius 2 is 2.06 bits per heavy atom. The van der Waals surface area contributed by atoms with Crippen molar-refractivity contribution in [2.24, 2.45) is 9.98 Å². The average molecular weight is 260 g/mol. The summed E-state index contributed by atoms with van der Waals surface area (Å²) >= 11 is 1.84. The number of dihydropyridines is 1. The molecule has 18 heavy (non-hydrogen) atoms. The molecule has 0 aromatic carbocycles. The molecule has 0 aromatic heterocycles. The van der Waals surface area contributed by atoms with Crippen molar-refractivity contribution in [3.63, 3.8) is 0 Å². The van der Waals surface area contributed by atoms with E-state index >= 15 is 0 Å². The molecule has 0 amide bonds. The zero-order chi connectivity index (χ0) is 13.3. The fourth-order valence-electron chi connectivity index (χ4n) is 2.33. The molecule has 2 nitrogen and oxygen atoms in total. The second-order valence-electron chi connectivity index (χ2n) is 5.09. The largest absolute Gasteiger partial charge is 0.289 e. The van der Waals surface area contributed by atoms with Gasteiger partial charge in [-0.2, -0.15) is 0 Å². The first-order valence-corrected chi connectivity index (χ1v) is 7.29. The smallest absolute Gasteiger partial charge is 0.0796 e. The first-order chi connectivity index (χ1) is 8.46. The molecular weight excluding hydrogens is 240 g/mol. The van der Waals surface area contributed by atoms with E-state index in [1.165, 1.54) is 16.1 Å². The topological polar surface area (TPSA) is 24.7 Å². The summed E-state index contributed by atoms with van der Waals surface area (Å²) in [5.41, 5.74) is 4.60. The van der Waals surface area contributed by atoms with Crippen molar-refractivity contribution < 1.29 is 0 Å². The Bertz CT molecular complexity index is 517. The number of nitrogens with zero attached hydrogens (tertiary/aromatic N) is 2. The fourth-order valence-corrected chi connectivity index (χ4v) is 3.14. The van der Waals surface area contributed by atoms with Crippen LogP contribution in [-0.2, 0) is 0 Å². The predicted octanol–water partition coefficient (Wildman–Crippen LogP) is 3.81. The minimum Gasteiger partial charge on any atom is -0.289 e. The molecule has 0 aromatic rings. The van der Waals surface area contributed by atoms with Crippen LogP contribution in [0, 0.1) is 0 Å². The number of allylic oxidation sites excluding steroid dienone is 5. The Kier molecular flexibility index (Phi) is 3.62. The van der Waals surface area contributed by atoms with E-state index in [0.717, 1.165) is 17.2 Å². The number of aliphatic imine (C=N–C) groups is 2. The van der Waals surface area contributed by atoms with Gasteiger partial charge in [-0.3, -0.25) is 9.98 Å². The lowest BCUT2D eigenvalue weighted by atomic mass is 9.88.